The Labute approximate surface area is 158 Å². The Morgan fingerprint density at radius 2 is 1.81 bits per heavy atom. The van der Waals surface area contributed by atoms with Crippen LogP contribution in [0.15, 0.2) is 54.9 Å². The molecule has 6 nitrogen and oxygen atoms in total. The van der Waals surface area contributed by atoms with E-state index in [9.17, 15) is 4.79 Å². The largest absolute Gasteiger partial charge is 0.336 e. The molecule has 6 heteroatoms. The van der Waals surface area contributed by atoms with Gasteiger partial charge >= 0.3 is 0 Å². The molecule has 0 bridgehead atoms. The average Bonchev–Trinajstić information content (AvgIpc) is 3.25. The zero-order valence-electron chi connectivity index (χ0n) is 15.4. The van der Waals surface area contributed by atoms with Crippen LogP contribution < -0.4 is 0 Å². The fourth-order valence-electron chi connectivity index (χ4n) is 3.40. The van der Waals surface area contributed by atoms with E-state index in [1.165, 1.54) is 5.56 Å². The Hall–Kier alpha value is -2.99. The van der Waals surface area contributed by atoms with Crippen molar-refractivity contribution < 1.29 is 4.79 Å². The van der Waals surface area contributed by atoms with Gasteiger partial charge < -0.3 is 4.90 Å². The van der Waals surface area contributed by atoms with Crippen LogP contribution in [0.3, 0.4) is 0 Å². The number of carbonyl (C=O) groups excluding carboxylic acids is 1. The van der Waals surface area contributed by atoms with Crippen LogP contribution in [-0.2, 0) is 6.54 Å². The summed E-state index contributed by atoms with van der Waals surface area (Å²) < 4.78 is 0. The minimum absolute atomic E-state index is 0.0971. The number of pyridine rings is 1. The van der Waals surface area contributed by atoms with Crippen molar-refractivity contribution in [3.05, 3.63) is 71.7 Å². The van der Waals surface area contributed by atoms with Crippen molar-refractivity contribution in [1.82, 2.24) is 25.0 Å². The summed E-state index contributed by atoms with van der Waals surface area (Å²) in [6.07, 6.45) is 3.56. The number of rotatable bonds is 4. The van der Waals surface area contributed by atoms with Crippen molar-refractivity contribution in [3.63, 3.8) is 0 Å². The Morgan fingerprint density at radius 1 is 1.04 bits per heavy atom. The van der Waals surface area contributed by atoms with Crippen molar-refractivity contribution in [1.29, 1.82) is 0 Å². The zero-order chi connectivity index (χ0) is 18.6. The van der Waals surface area contributed by atoms with Gasteiger partial charge in [0.25, 0.3) is 5.91 Å². The van der Waals surface area contributed by atoms with Gasteiger partial charge in [-0.2, -0.15) is 5.10 Å². The Morgan fingerprint density at radius 3 is 2.48 bits per heavy atom. The highest BCUT2D eigenvalue weighted by molar-refractivity contribution is 5.94. The number of H-pyrrole nitrogens is 1. The lowest BCUT2D eigenvalue weighted by Crippen LogP contribution is -2.48. The highest BCUT2D eigenvalue weighted by atomic mass is 16.2. The molecule has 0 atom stereocenters. The van der Waals surface area contributed by atoms with Gasteiger partial charge in [-0.3, -0.25) is 19.8 Å². The summed E-state index contributed by atoms with van der Waals surface area (Å²) in [5.41, 5.74) is 5.04. The molecule has 2 aromatic heterocycles. The third-order valence-electron chi connectivity index (χ3n) is 5.09. The molecule has 4 rings (SSSR count). The molecule has 1 N–H and O–H groups in total. The van der Waals surface area contributed by atoms with Crippen LogP contribution in [0.2, 0.25) is 0 Å². The molecule has 138 valence electrons. The van der Waals surface area contributed by atoms with Crippen LogP contribution in [0, 0.1) is 6.92 Å². The van der Waals surface area contributed by atoms with Crippen LogP contribution in [0.1, 0.15) is 21.6 Å². The molecule has 1 fully saturated rings. The van der Waals surface area contributed by atoms with Crippen LogP contribution in [0.5, 0.6) is 0 Å². The van der Waals surface area contributed by atoms with Crippen molar-refractivity contribution in [2.24, 2.45) is 0 Å². The number of nitrogens with zero attached hydrogens (tertiary/aromatic N) is 4. The second-order valence-corrected chi connectivity index (χ2v) is 6.88. The van der Waals surface area contributed by atoms with Crippen LogP contribution in [0.4, 0.5) is 0 Å². The van der Waals surface area contributed by atoms with Crippen molar-refractivity contribution in [3.8, 4) is 11.3 Å². The molecule has 1 amide bonds. The summed E-state index contributed by atoms with van der Waals surface area (Å²) in [4.78, 5) is 21.6. The molecule has 1 saturated heterocycles. The second kappa shape index (κ2) is 7.72. The molecule has 3 aromatic rings. The minimum Gasteiger partial charge on any atom is -0.336 e. The van der Waals surface area contributed by atoms with Crippen molar-refractivity contribution >= 4 is 5.91 Å². The number of nitrogens with one attached hydrogen (secondary N) is 1. The maximum Gasteiger partial charge on any atom is 0.253 e. The summed E-state index contributed by atoms with van der Waals surface area (Å²) in [6, 6.07) is 13.7. The Balaban J connectivity index is 1.35. The SMILES string of the molecule is Cc1cccnc1CN1CCN(C(=O)c2ccc(-c3ccn[nH]3)cc2)CC1. The van der Waals surface area contributed by atoms with Crippen LogP contribution >= 0.6 is 0 Å². The van der Waals surface area contributed by atoms with E-state index in [0.717, 1.165) is 55.2 Å². The molecule has 27 heavy (non-hydrogen) atoms. The van der Waals surface area contributed by atoms with E-state index in [0.29, 0.717) is 0 Å². The van der Waals surface area contributed by atoms with Crippen molar-refractivity contribution in [2.75, 3.05) is 26.2 Å². The van der Waals surface area contributed by atoms with Gasteiger partial charge in [-0.05, 0) is 42.3 Å². The third-order valence-corrected chi connectivity index (χ3v) is 5.09. The number of aromatic amines is 1. The Kier molecular flexibility index (Phi) is 4.98. The fraction of sp³-hybridized carbons (Fsp3) is 0.286. The lowest BCUT2D eigenvalue weighted by Gasteiger charge is -2.34. The summed E-state index contributed by atoms with van der Waals surface area (Å²) in [5, 5.41) is 6.90. The van der Waals surface area contributed by atoms with Gasteiger partial charge in [0.05, 0.1) is 11.4 Å². The number of piperazine rings is 1. The zero-order valence-corrected chi connectivity index (χ0v) is 15.4. The van der Waals surface area contributed by atoms with Gasteiger partial charge in [0.2, 0.25) is 0 Å². The maximum atomic E-state index is 12.8. The smallest absolute Gasteiger partial charge is 0.253 e. The molecular formula is C21H23N5O. The highest BCUT2D eigenvalue weighted by Crippen LogP contribution is 2.18. The summed E-state index contributed by atoms with van der Waals surface area (Å²) in [5.74, 6) is 0.0971. The third kappa shape index (κ3) is 3.90. The second-order valence-electron chi connectivity index (χ2n) is 6.88. The Bertz CT molecular complexity index is 897. The van der Waals surface area contributed by atoms with Gasteiger partial charge in [-0.25, -0.2) is 0 Å². The first-order chi connectivity index (χ1) is 13.2. The van der Waals surface area contributed by atoms with Crippen molar-refractivity contribution in [2.45, 2.75) is 13.5 Å². The van der Waals surface area contributed by atoms with E-state index in [2.05, 4.69) is 33.1 Å². The number of hydrogen-bond acceptors (Lipinski definition) is 4. The van der Waals surface area contributed by atoms with Gasteiger partial charge in [0.15, 0.2) is 0 Å². The van der Waals surface area contributed by atoms with Gasteiger partial charge in [0, 0.05) is 50.7 Å². The lowest BCUT2D eigenvalue weighted by molar-refractivity contribution is 0.0627. The van der Waals surface area contributed by atoms with E-state index in [-0.39, 0.29) is 5.91 Å². The number of carbonyl (C=O) groups is 1. The van der Waals surface area contributed by atoms with Gasteiger partial charge in [-0.15, -0.1) is 0 Å². The first-order valence-corrected chi connectivity index (χ1v) is 9.22. The molecule has 3 heterocycles. The molecule has 0 radical (unpaired) electrons. The van der Waals surface area contributed by atoms with E-state index in [4.69, 9.17) is 0 Å². The molecule has 0 spiro atoms. The molecule has 0 unspecified atom stereocenters. The summed E-state index contributed by atoms with van der Waals surface area (Å²) in [6.45, 7) is 6.16. The average molecular weight is 361 g/mol. The number of aromatic nitrogens is 3. The van der Waals surface area contributed by atoms with Crippen LogP contribution in [0.25, 0.3) is 11.3 Å². The maximum absolute atomic E-state index is 12.8. The molecule has 1 aromatic carbocycles. The highest BCUT2D eigenvalue weighted by Gasteiger charge is 2.22. The number of hydrogen-bond donors (Lipinski definition) is 1. The first-order valence-electron chi connectivity index (χ1n) is 9.22. The molecule has 0 saturated carbocycles. The molecule has 1 aliphatic heterocycles. The van der Waals surface area contributed by atoms with E-state index in [1.807, 2.05) is 47.5 Å². The van der Waals surface area contributed by atoms with Gasteiger partial charge in [0.1, 0.15) is 0 Å². The predicted molar refractivity (Wildman–Crippen MR) is 104 cm³/mol. The van der Waals surface area contributed by atoms with E-state index in [1.54, 1.807) is 6.20 Å². The predicted octanol–water partition coefficient (Wildman–Crippen LogP) is 2.74. The molecule has 1 aliphatic rings. The first kappa shape index (κ1) is 17.4. The van der Waals surface area contributed by atoms with Crippen LogP contribution in [-0.4, -0.2) is 57.1 Å². The minimum atomic E-state index is 0.0971. The normalized spacial score (nSPS) is 15.1. The topological polar surface area (TPSA) is 65.1 Å². The number of amides is 1. The monoisotopic (exact) mass is 361 g/mol. The summed E-state index contributed by atoms with van der Waals surface area (Å²) >= 11 is 0. The number of benzene rings is 1. The molecule has 0 aliphatic carbocycles. The lowest BCUT2D eigenvalue weighted by atomic mass is 10.1. The van der Waals surface area contributed by atoms with E-state index >= 15 is 0 Å². The molecular weight excluding hydrogens is 338 g/mol. The van der Waals surface area contributed by atoms with E-state index < -0.39 is 0 Å². The number of aryl methyl sites for hydroxylation is 1. The van der Waals surface area contributed by atoms with Gasteiger partial charge in [-0.1, -0.05) is 18.2 Å². The standard InChI is InChI=1S/C21H23N5O/c1-16-3-2-9-22-20(16)15-25-11-13-26(14-12-25)21(27)18-6-4-17(5-7-18)19-8-10-23-24-19/h2-10H,11-15H2,1H3,(H,23,24). The fourth-order valence-corrected chi connectivity index (χ4v) is 3.40. The summed E-state index contributed by atoms with van der Waals surface area (Å²) in [7, 11) is 0. The quantitative estimate of drug-likeness (QED) is 0.776.